The first-order valence-corrected chi connectivity index (χ1v) is 9.52. The molecule has 1 heterocycles. The fourth-order valence-electron chi connectivity index (χ4n) is 2.35. The van der Waals surface area contributed by atoms with Gasteiger partial charge in [0.2, 0.25) is 17.7 Å². The molecule has 7 nitrogen and oxygen atoms in total. The molecule has 0 aliphatic carbocycles. The number of thiocarbonyl (C=S) groups is 1. The van der Waals surface area contributed by atoms with Gasteiger partial charge in [-0.15, -0.1) is 0 Å². The van der Waals surface area contributed by atoms with Crippen molar-refractivity contribution < 1.29 is 14.2 Å². The number of hydrogen-bond donors (Lipinski definition) is 2. The van der Waals surface area contributed by atoms with Crippen molar-refractivity contribution in [2.45, 2.75) is 6.42 Å². The largest absolute Gasteiger partial charge is 0.439 e. The van der Waals surface area contributed by atoms with Crippen LogP contribution in [0.4, 0.5) is 5.95 Å². The van der Waals surface area contributed by atoms with E-state index in [0.29, 0.717) is 41.5 Å². The molecule has 29 heavy (non-hydrogen) atoms. The van der Waals surface area contributed by atoms with Gasteiger partial charge in [-0.2, -0.15) is 9.97 Å². The predicted molar refractivity (Wildman–Crippen MR) is 116 cm³/mol. The first kappa shape index (κ1) is 20.5. The molecule has 1 aromatic heterocycles. The van der Waals surface area contributed by atoms with Crippen LogP contribution < -0.4 is 20.1 Å². The highest BCUT2D eigenvalue weighted by molar-refractivity contribution is 7.80. The van der Waals surface area contributed by atoms with Gasteiger partial charge in [-0.3, -0.25) is 0 Å². The summed E-state index contributed by atoms with van der Waals surface area (Å²) in [4.78, 5) is 8.76. The molecule has 0 radical (unpaired) electrons. The van der Waals surface area contributed by atoms with Crippen LogP contribution in [0.2, 0.25) is 0 Å². The molecular weight excluding hydrogens is 388 g/mol. The highest BCUT2D eigenvalue weighted by Gasteiger charge is 2.10. The lowest BCUT2D eigenvalue weighted by atomic mass is 10.3. The molecule has 0 spiro atoms. The Morgan fingerprint density at radius 2 is 1.45 bits per heavy atom. The van der Waals surface area contributed by atoms with Gasteiger partial charge < -0.3 is 24.8 Å². The van der Waals surface area contributed by atoms with Gasteiger partial charge in [0.1, 0.15) is 11.5 Å². The van der Waals surface area contributed by atoms with Crippen molar-refractivity contribution in [3.8, 4) is 23.3 Å². The standard InChI is InChI=1S/C21H22N4O3S/c1-26-14-8-13-22-21(29)25-20-23-18(27-16-9-4-2-5-10-16)15-19(24-20)28-17-11-6-3-7-12-17/h2-7,9-12,15H,8,13-14H2,1H3,(H2,22,23,24,25,29). The zero-order valence-electron chi connectivity index (χ0n) is 16.0. The summed E-state index contributed by atoms with van der Waals surface area (Å²) in [6.45, 7) is 1.33. The molecule has 0 aliphatic rings. The topological polar surface area (TPSA) is 77.5 Å². The van der Waals surface area contributed by atoms with E-state index in [1.807, 2.05) is 60.7 Å². The Kier molecular flexibility index (Phi) is 7.73. The average Bonchev–Trinajstić information content (AvgIpc) is 2.72. The van der Waals surface area contributed by atoms with E-state index in [-0.39, 0.29) is 5.95 Å². The lowest BCUT2D eigenvalue weighted by Gasteiger charge is -2.12. The molecule has 0 bridgehead atoms. The fourth-order valence-corrected chi connectivity index (χ4v) is 2.54. The minimum atomic E-state index is 0.272. The highest BCUT2D eigenvalue weighted by atomic mass is 32.1. The smallest absolute Gasteiger partial charge is 0.235 e. The number of hydrogen-bond acceptors (Lipinski definition) is 6. The summed E-state index contributed by atoms with van der Waals surface area (Å²) in [7, 11) is 1.66. The molecule has 0 aliphatic heterocycles. The van der Waals surface area contributed by atoms with E-state index in [4.69, 9.17) is 26.4 Å². The van der Waals surface area contributed by atoms with E-state index in [2.05, 4.69) is 20.6 Å². The SMILES string of the molecule is COCCCNC(=S)Nc1nc(Oc2ccccc2)cc(Oc2ccccc2)n1. The summed E-state index contributed by atoms with van der Waals surface area (Å²) in [5, 5.41) is 6.46. The van der Waals surface area contributed by atoms with Gasteiger partial charge in [0.25, 0.3) is 0 Å². The quantitative estimate of drug-likeness (QED) is 0.397. The number of ether oxygens (including phenoxy) is 3. The van der Waals surface area contributed by atoms with Crippen molar-refractivity contribution in [2.75, 3.05) is 25.6 Å². The van der Waals surface area contributed by atoms with Crippen LogP contribution >= 0.6 is 12.2 Å². The zero-order chi connectivity index (χ0) is 20.3. The lowest BCUT2D eigenvalue weighted by molar-refractivity contribution is 0.196. The van der Waals surface area contributed by atoms with Crippen LogP contribution in [0.15, 0.2) is 66.7 Å². The van der Waals surface area contributed by atoms with Crippen molar-refractivity contribution in [1.29, 1.82) is 0 Å². The lowest BCUT2D eigenvalue weighted by Crippen LogP contribution is -2.30. The van der Waals surface area contributed by atoms with Crippen LogP contribution in [-0.4, -0.2) is 35.3 Å². The summed E-state index contributed by atoms with van der Waals surface area (Å²) < 4.78 is 16.7. The maximum atomic E-state index is 5.84. The van der Waals surface area contributed by atoms with Crippen LogP contribution in [0.25, 0.3) is 0 Å². The van der Waals surface area contributed by atoms with Crippen LogP contribution in [0.3, 0.4) is 0 Å². The predicted octanol–water partition coefficient (Wildman–Crippen LogP) is 4.38. The Labute approximate surface area is 175 Å². The summed E-state index contributed by atoms with van der Waals surface area (Å²) in [6.07, 6.45) is 0.832. The third-order valence-electron chi connectivity index (χ3n) is 3.65. The van der Waals surface area contributed by atoms with Crippen LogP contribution in [-0.2, 0) is 4.74 Å². The summed E-state index contributed by atoms with van der Waals surface area (Å²) in [6, 6.07) is 20.4. The van der Waals surface area contributed by atoms with Crippen molar-refractivity contribution in [2.24, 2.45) is 0 Å². The number of methoxy groups -OCH3 is 1. The van der Waals surface area contributed by atoms with E-state index in [0.717, 1.165) is 6.42 Å². The molecule has 0 saturated heterocycles. The molecular formula is C21H22N4O3S. The number of nitrogens with zero attached hydrogens (tertiary/aromatic N) is 2. The molecule has 3 rings (SSSR count). The molecule has 8 heteroatoms. The third kappa shape index (κ3) is 7.02. The number of rotatable bonds is 9. The molecule has 2 N–H and O–H groups in total. The van der Waals surface area contributed by atoms with Gasteiger partial charge >= 0.3 is 0 Å². The van der Waals surface area contributed by atoms with E-state index in [1.165, 1.54) is 0 Å². The first-order valence-electron chi connectivity index (χ1n) is 9.11. The number of benzene rings is 2. The second kappa shape index (κ2) is 10.9. The molecule has 2 aromatic carbocycles. The summed E-state index contributed by atoms with van der Waals surface area (Å²) >= 11 is 5.31. The van der Waals surface area contributed by atoms with Gasteiger partial charge in [-0.1, -0.05) is 36.4 Å². The van der Waals surface area contributed by atoms with Gasteiger partial charge in [-0.25, -0.2) is 0 Å². The Hall–Kier alpha value is -3.23. The van der Waals surface area contributed by atoms with Gasteiger partial charge in [-0.05, 0) is 42.9 Å². The highest BCUT2D eigenvalue weighted by Crippen LogP contribution is 2.26. The summed E-state index contributed by atoms with van der Waals surface area (Å²) in [5.41, 5.74) is 0. The van der Waals surface area contributed by atoms with Gasteiger partial charge in [0.15, 0.2) is 5.11 Å². The summed E-state index contributed by atoms with van der Waals surface area (Å²) in [5.74, 6) is 2.25. The van der Waals surface area contributed by atoms with Crippen LogP contribution in [0, 0.1) is 0 Å². The van der Waals surface area contributed by atoms with Crippen molar-refractivity contribution >= 4 is 23.3 Å². The Balaban J connectivity index is 1.75. The molecule has 0 unspecified atom stereocenters. The Morgan fingerprint density at radius 3 is 1.97 bits per heavy atom. The fraction of sp³-hybridized carbons (Fsp3) is 0.190. The molecule has 0 fully saturated rings. The maximum absolute atomic E-state index is 5.84. The second-order valence-electron chi connectivity index (χ2n) is 5.93. The normalized spacial score (nSPS) is 10.2. The number of para-hydroxylation sites is 2. The van der Waals surface area contributed by atoms with E-state index in [9.17, 15) is 0 Å². The molecule has 0 atom stereocenters. The first-order chi connectivity index (χ1) is 14.2. The monoisotopic (exact) mass is 410 g/mol. The third-order valence-corrected chi connectivity index (χ3v) is 3.89. The zero-order valence-corrected chi connectivity index (χ0v) is 16.8. The van der Waals surface area contributed by atoms with E-state index >= 15 is 0 Å². The average molecular weight is 410 g/mol. The maximum Gasteiger partial charge on any atom is 0.235 e. The molecule has 0 amide bonds. The van der Waals surface area contributed by atoms with Crippen molar-refractivity contribution in [3.63, 3.8) is 0 Å². The van der Waals surface area contributed by atoms with Gasteiger partial charge in [0, 0.05) is 20.3 Å². The van der Waals surface area contributed by atoms with Crippen molar-refractivity contribution in [3.05, 3.63) is 66.7 Å². The molecule has 0 saturated carbocycles. The Morgan fingerprint density at radius 1 is 0.897 bits per heavy atom. The van der Waals surface area contributed by atoms with Crippen LogP contribution in [0.5, 0.6) is 23.3 Å². The van der Waals surface area contributed by atoms with Crippen molar-refractivity contribution in [1.82, 2.24) is 15.3 Å². The van der Waals surface area contributed by atoms with E-state index in [1.54, 1.807) is 13.2 Å². The van der Waals surface area contributed by atoms with E-state index < -0.39 is 0 Å². The molecule has 150 valence electrons. The number of nitrogens with one attached hydrogen (secondary N) is 2. The number of aromatic nitrogens is 2. The minimum absolute atomic E-state index is 0.272. The molecule has 3 aromatic rings. The minimum Gasteiger partial charge on any atom is -0.439 e. The van der Waals surface area contributed by atoms with Crippen LogP contribution in [0.1, 0.15) is 6.42 Å². The second-order valence-corrected chi connectivity index (χ2v) is 6.33. The Bertz CT molecular complexity index is 851. The number of anilines is 1. The van der Waals surface area contributed by atoms with Gasteiger partial charge in [0.05, 0.1) is 6.07 Å².